The molecule has 2 aromatic rings. The van der Waals surface area contributed by atoms with Gasteiger partial charge >= 0.3 is 0 Å². The molecule has 2 rings (SSSR count). The number of benzene rings is 1. The fraction of sp³-hybridized carbons (Fsp3) is 0.385. The second-order valence-electron chi connectivity index (χ2n) is 4.46. The number of anilines is 1. The molecule has 0 saturated heterocycles. The molecule has 96 valence electrons. The van der Waals surface area contributed by atoms with Gasteiger partial charge in [-0.3, -0.25) is 4.90 Å². The highest BCUT2D eigenvalue weighted by atomic mass is 32.1. The van der Waals surface area contributed by atoms with E-state index >= 15 is 0 Å². The maximum atomic E-state index is 4.15. The third-order valence-electron chi connectivity index (χ3n) is 2.78. The molecule has 0 amide bonds. The van der Waals surface area contributed by atoms with E-state index in [0.29, 0.717) is 0 Å². The first-order valence-corrected chi connectivity index (χ1v) is 6.69. The van der Waals surface area contributed by atoms with Crippen molar-refractivity contribution in [1.29, 1.82) is 0 Å². The highest BCUT2D eigenvalue weighted by Crippen LogP contribution is 2.18. The Morgan fingerprint density at radius 1 is 1.22 bits per heavy atom. The van der Waals surface area contributed by atoms with Gasteiger partial charge in [0.05, 0.1) is 0 Å². The quantitative estimate of drug-likeness (QED) is 0.899. The highest BCUT2D eigenvalue weighted by molar-refractivity contribution is 7.10. The number of hydrogen-bond donors (Lipinski definition) is 1. The first-order chi connectivity index (χ1) is 8.69. The monoisotopic (exact) mass is 262 g/mol. The Bertz CT molecular complexity index is 492. The predicted molar refractivity (Wildman–Crippen MR) is 75.8 cm³/mol. The van der Waals surface area contributed by atoms with E-state index in [9.17, 15) is 0 Å². The standard InChI is InChI=1S/C13H18N4S/c1-10-4-6-11(7-5-10)8-17(3)9-12-13(14-2)18-16-15-12/h4-7,14H,8-9H2,1-3H3. The van der Waals surface area contributed by atoms with Crippen molar-refractivity contribution in [3.63, 3.8) is 0 Å². The zero-order valence-corrected chi connectivity index (χ0v) is 11.8. The lowest BCUT2D eigenvalue weighted by Crippen LogP contribution is -2.18. The van der Waals surface area contributed by atoms with Crippen LogP contribution in [-0.2, 0) is 13.1 Å². The lowest BCUT2D eigenvalue weighted by atomic mass is 10.1. The van der Waals surface area contributed by atoms with Crippen LogP contribution >= 0.6 is 11.5 Å². The maximum absolute atomic E-state index is 4.15. The normalized spacial score (nSPS) is 10.9. The van der Waals surface area contributed by atoms with Crippen LogP contribution < -0.4 is 5.32 Å². The van der Waals surface area contributed by atoms with Gasteiger partial charge in [-0.25, -0.2) is 0 Å². The fourth-order valence-electron chi connectivity index (χ4n) is 1.82. The average Bonchev–Trinajstić information content (AvgIpc) is 2.79. The zero-order chi connectivity index (χ0) is 13.0. The van der Waals surface area contributed by atoms with E-state index in [4.69, 9.17) is 0 Å². The minimum atomic E-state index is 0.806. The Labute approximate surface area is 112 Å². The van der Waals surface area contributed by atoms with Crippen molar-refractivity contribution < 1.29 is 0 Å². The van der Waals surface area contributed by atoms with Gasteiger partial charge in [0.1, 0.15) is 10.7 Å². The van der Waals surface area contributed by atoms with Gasteiger partial charge in [0.2, 0.25) is 0 Å². The Morgan fingerprint density at radius 3 is 2.61 bits per heavy atom. The Balaban J connectivity index is 1.96. The van der Waals surface area contributed by atoms with Crippen LogP contribution in [0.5, 0.6) is 0 Å². The minimum Gasteiger partial charge on any atom is -0.377 e. The van der Waals surface area contributed by atoms with Crippen molar-refractivity contribution in [3.05, 3.63) is 41.1 Å². The van der Waals surface area contributed by atoms with Gasteiger partial charge < -0.3 is 5.32 Å². The molecule has 5 heteroatoms. The van der Waals surface area contributed by atoms with Crippen molar-refractivity contribution in [2.45, 2.75) is 20.0 Å². The summed E-state index contributed by atoms with van der Waals surface area (Å²) in [5.41, 5.74) is 3.62. The molecule has 0 unspecified atom stereocenters. The number of hydrogen-bond acceptors (Lipinski definition) is 5. The van der Waals surface area contributed by atoms with Gasteiger partial charge in [-0.05, 0) is 19.5 Å². The van der Waals surface area contributed by atoms with Gasteiger partial charge in [-0.2, -0.15) is 0 Å². The lowest BCUT2D eigenvalue weighted by Gasteiger charge is -2.15. The first-order valence-electron chi connectivity index (χ1n) is 5.92. The zero-order valence-electron chi connectivity index (χ0n) is 11.0. The van der Waals surface area contributed by atoms with Gasteiger partial charge in [0.25, 0.3) is 0 Å². The van der Waals surface area contributed by atoms with Crippen LogP contribution in [0.15, 0.2) is 24.3 Å². The molecule has 0 bridgehead atoms. The van der Waals surface area contributed by atoms with Gasteiger partial charge in [-0.1, -0.05) is 34.3 Å². The lowest BCUT2D eigenvalue weighted by molar-refractivity contribution is 0.315. The van der Waals surface area contributed by atoms with E-state index in [1.54, 1.807) is 0 Å². The summed E-state index contributed by atoms with van der Waals surface area (Å²) in [4.78, 5) is 2.24. The molecule has 1 aromatic heterocycles. The summed E-state index contributed by atoms with van der Waals surface area (Å²) in [6.07, 6.45) is 0. The molecule has 0 spiro atoms. The number of aromatic nitrogens is 2. The molecule has 0 fully saturated rings. The molecule has 1 aromatic carbocycles. The molecule has 0 radical (unpaired) electrons. The van der Waals surface area contributed by atoms with Crippen molar-refractivity contribution in [1.82, 2.24) is 14.5 Å². The number of nitrogens with one attached hydrogen (secondary N) is 1. The summed E-state index contributed by atoms with van der Waals surface area (Å²) in [5.74, 6) is 0. The van der Waals surface area contributed by atoms with E-state index in [-0.39, 0.29) is 0 Å². The third-order valence-corrected chi connectivity index (χ3v) is 3.56. The molecule has 4 nitrogen and oxygen atoms in total. The fourth-order valence-corrected chi connectivity index (χ4v) is 2.34. The van der Waals surface area contributed by atoms with Crippen LogP contribution in [0.4, 0.5) is 5.00 Å². The summed E-state index contributed by atoms with van der Waals surface area (Å²) in [7, 11) is 4.00. The molecule has 0 aliphatic heterocycles. The Hall–Kier alpha value is -1.46. The van der Waals surface area contributed by atoms with Crippen molar-refractivity contribution in [2.75, 3.05) is 19.4 Å². The van der Waals surface area contributed by atoms with Crippen LogP contribution in [0.3, 0.4) is 0 Å². The molecular weight excluding hydrogens is 244 g/mol. The SMILES string of the molecule is CNc1snnc1CN(C)Cc1ccc(C)cc1. The molecule has 0 aliphatic carbocycles. The number of rotatable bonds is 5. The second kappa shape index (κ2) is 5.93. The second-order valence-corrected chi connectivity index (χ2v) is 5.21. The predicted octanol–water partition coefficient (Wildman–Crippen LogP) is 2.52. The van der Waals surface area contributed by atoms with Gasteiger partial charge in [-0.15, -0.1) is 5.10 Å². The molecule has 0 aliphatic rings. The van der Waals surface area contributed by atoms with Crippen molar-refractivity contribution in [3.8, 4) is 0 Å². The Morgan fingerprint density at radius 2 is 1.94 bits per heavy atom. The molecular formula is C13H18N4S. The van der Waals surface area contributed by atoms with Crippen molar-refractivity contribution in [2.24, 2.45) is 0 Å². The summed E-state index contributed by atoms with van der Waals surface area (Å²) in [6, 6.07) is 8.63. The average molecular weight is 262 g/mol. The highest BCUT2D eigenvalue weighted by Gasteiger charge is 2.09. The third kappa shape index (κ3) is 3.27. The molecule has 1 heterocycles. The largest absolute Gasteiger partial charge is 0.377 e. The van der Waals surface area contributed by atoms with Crippen LogP contribution in [0.1, 0.15) is 16.8 Å². The van der Waals surface area contributed by atoms with Crippen LogP contribution in [0.2, 0.25) is 0 Å². The van der Waals surface area contributed by atoms with Crippen LogP contribution in [-0.4, -0.2) is 28.6 Å². The van der Waals surface area contributed by atoms with E-state index in [2.05, 4.69) is 58.0 Å². The maximum Gasteiger partial charge on any atom is 0.134 e. The van der Waals surface area contributed by atoms with E-state index < -0.39 is 0 Å². The number of nitrogens with zero attached hydrogens (tertiary/aromatic N) is 3. The number of aryl methyl sites for hydroxylation is 1. The molecule has 1 N–H and O–H groups in total. The topological polar surface area (TPSA) is 41.1 Å². The summed E-state index contributed by atoms with van der Waals surface area (Å²) in [5, 5.41) is 8.31. The molecule has 0 atom stereocenters. The first kappa shape index (κ1) is 13.0. The van der Waals surface area contributed by atoms with Crippen LogP contribution in [0, 0.1) is 6.92 Å². The summed E-state index contributed by atoms with van der Waals surface area (Å²) < 4.78 is 3.97. The van der Waals surface area contributed by atoms with E-state index in [1.807, 2.05) is 7.05 Å². The van der Waals surface area contributed by atoms with E-state index in [0.717, 1.165) is 23.8 Å². The smallest absolute Gasteiger partial charge is 0.134 e. The van der Waals surface area contributed by atoms with E-state index in [1.165, 1.54) is 22.7 Å². The van der Waals surface area contributed by atoms with Gasteiger partial charge in [0.15, 0.2) is 0 Å². The minimum absolute atomic E-state index is 0.806. The van der Waals surface area contributed by atoms with Crippen molar-refractivity contribution >= 4 is 16.5 Å². The molecule has 0 saturated carbocycles. The summed E-state index contributed by atoms with van der Waals surface area (Å²) in [6.45, 7) is 3.83. The molecule has 18 heavy (non-hydrogen) atoms. The van der Waals surface area contributed by atoms with Crippen LogP contribution in [0.25, 0.3) is 0 Å². The summed E-state index contributed by atoms with van der Waals surface area (Å²) >= 11 is 1.40. The van der Waals surface area contributed by atoms with Gasteiger partial charge in [0, 0.05) is 31.7 Å². The Kier molecular flexibility index (Phi) is 4.28.